The number of halogens is 4. The Hall–Kier alpha value is -2.51. The lowest BCUT2D eigenvalue weighted by Crippen LogP contribution is -2.25. The molecule has 0 bridgehead atoms. The van der Waals surface area contributed by atoms with Crippen LogP contribution in [0.4, 0.5) is 17.6 Å². The second-order valence-electron chi connectivity index (χ2n) is 13.2. The molecule has 2 aromatic carbocycles. The Bertz CT molecular complexity index is 1230. The number of rotatable bonds is 14. The first kappa shape index (κ1) is 34.4. The average molecular weight is 617 g/mol. The van der Waals surface area contributed by atoms with Crippen molar-refractivity contribution in [3.63, 3.8) is 0 Å². The number of benzene rings is 2. The van der Waals surface area contributed by atoms with Crippen LogP contribution in [-0.2, 0) is 4.79 Å². The van der Waals surface area contributed by atoms with Crippen LogP contribution < -0.4 is 0 Å². The van der Waals surface area contributed by atoms with E-state index in [9.17, 15) is 9.90 Å². The maximum absolute atomic E-state index is 15.4. The number of carbonyl (C=O) groups excluding carboxylic acids is 1. The molecule has 1 unspecified atom stereocenters. The van der Waals surface area contributed by atoms with Crippen molar-refractivity contribution in [2.24, 2.45) is 17.8 Å². The van der Waals surface area contributed by atoms with Crippen LogP contribution in [0.1, 0.15) is 120 Å². The standard InChI is InChI=1S/C37H48F4O3/c1-3-4-5-6-24-7-9-25(10-8-24)26-11-13-27(14-12-26)29-17-31(38)37(32(39)18-29)30-19-33(40)36(34(41)20-30)28(22-43)15-16-35(44)23(2)21-42/h17-20,24-28,42-43H,2-16,21-22H2,1H3. The van der Waals surface area contributed by atoms with Gasteiger partial charge < -0.3 is 10.2 Å². The first-order chi connectivity index (χ1) is 21.2. The summed E-state index contributed by atoms with van der Waals surface area (Å²) in [7, 11) is 0. The zero-order chi connectivity index (χ0) is 31.8. The molecule has 44 heavy (non-hydrogen) atoms. The third kappa shape index (κ3) is 8.39. The van der Waals surface area contributed by atoms with Crippen molar-refractivity contribution in [1.29, 1.82) is 0 Å². The lowest BCUT2D eigenvalue weighted by Gasteiger charge is -2.38. The number of hydrogen-bond donors (Lipinski definition) is 2. The summed E-state index contributed by atoms with van der Waals surface area (Å²) in [6, 6.07) is 4.37. The topological polar surface area (TPSA) is 57.5 Å². The molecule has 3 nitrogen and oxygen atoms in total. The molecule has 2 N–H and O–H groups in total. The maximum Gasteiger partial charge on any atom is 0.160 e. The SMILES string of the molecule is C=C(CO)C(=O)CCC(CO)c1c(F)cc(-c2c(F)cc(C3CCC(C4CCC(CCCCC)CC4)CC3)cc2F)cc1F. The molecule has 0 heterocycles. The molecule has 4 rings (SSSR count). The fraction of sp³-hybridized carbons (Fsp3) is 0.595. The van der Waals surface area contributed by atoms with Crippen molar-refractivity contribution in [2.45, 2.75) is 109 Å². The monoisotopic (exact) mass is 616 g/mol. The third-order valence-electron chi connectivity index (χ3n) is 10.4. The molecule has 0 aliphatic heterocycles. The van der Waals surface area contributed by atoms with Gasteiger partial charge in [-0.1, -0.05) is 52.0 Å². The Balaban J connectivity index is 1.40. The van der Waals surface area contributed by atoms with E-state index < -0.39 is 59.3 Å². The minimum atomic E-state index is -1.05. The summed E-state index contributed by atoms with van der Waals surface area (Å²) in [4.78, 5) is 12.0. The van der Waals surface area contributed by atoms with Gasteiger partial charge in [-0.2, -0.15) is 0 Å². The van der Waals surface area contributed by atoms with E-state index >= 15 is 17.6 Å². The third-order valence-corrected chi connectivity index (χ3v) is 10.4. The first-order valence-electron chi connectivity index (χ1n) is 16.6. The minimum absolute atomic E-state index is 0.0316. The number of unbranched alkanes of at least 4 members (excludes halogenated alkanes) is 2. The summed E-state index contributed by atoms with van der Waals surface area (Å²) in [5.41, 5.74) is -0.638. The predicted octanol–water partition coefficient (Wildman–Crippen LogP) is 9.54. The number of aliphatic hydroxyl groups excluding tert-OH is 2. The van der Waals surface area contributed by atoms with Crippen LogP contribution in [0, 0.1) is 41.0 Å². The zero-order valence-electron chi connectivity index (χ0n) is 26.0. The maximum atomic E-state index is 15.4. The lowest BCUT2D eigenvalue weighted by molar-refractivity contribution is -0.116. The molecule has 2 saturated carbocycles. The summed E-state index contributed by atoms with van der Waals surface area (Å²) in [6.45, 7) is 4.52. The molecular weight excluding hydrogens is 568 g/mol. The molecule has 2 aliphatic rings. The summed E-state index contributed by atoms with van der Waals surface area (Å²) in [5, 5.41) is 18.8. The quantitative estimate of drug-likeness (QED) is 0.126. The molecule has 2 aliphatic carbocycles. The van der Waals surface area contributed by atoms with E-state index in [0.29, 0.717) is 11.5 Å². The van der Waals surface area contributed by atoms with Gasteiger partial charge in [0.15, 0.2) is 5.78 Å². The Kier molecular flexibility index (Phi) is 12.6. The molecule has 2 aromatic rings. The predicted molar refractivity (Wildman–Crippen MR) is 166 cm³/mol. The van der Waals surface area contributed by atoms with Gasteiger partial charge in [0.05, 0.1) is 18.8 Å². The highest BCUT2D eigenvalue weighted by molar-refractivity contribution is 5.94. The highest BCUT2D eigenvalue weighted by atomic mass is 19.1. The second-order valence-corrected chi connectivity index (χ2v) is 13.2. The van der Waals surface area contributed by atoms with Crippen LogP contribution in [0.15, 0.2) is 36.4 Å². The van der Waals surface area contributed by atoms with Crippen molar-refractivity contribution in [3.05, 3.63) is 70.8 Å². The number of ketones is 1. The van der Waals surface area contributed by atoms with Gasteiger partial charge in [0, 0.05) is 23.5 Å². The molecular formula is C37H48F4O3. The Morgan fingerprint density at radius 2 is 1.41 bits per heavy atom. The number of hydrogen-bond acceptors (Lipinski definition) is 3. The Morgan fingerprint density at radius 1 is 0.841 bits per heavy atom. The smallest absolute Gasteiger partial charge is 0.160 e. The number of carbonyl (C=O) groups is 1. The zero-order valence-corrected chi connectivity index (χ0v) is 26.0. The van der Waals surface area contributed by atoms with Crippen LogP contribution in [0.5, 0.6) is 0 Å². The normalized spacial score (nSPS) is 23.0. The Labute approximate surface area is 259 Å². The molecule has 242 valence electrons. The fourth-order valence-corrected chi connectivity index (χ4v) is 7.68. The van der Waals surface area contributed by atoms with Gasteiger partial charge in [-0.25, -0.2) is 17.6 Å². The molecule has 7 heteroatoms. The van der Waals surface area contributed by atoms with Gasteiger partial charge in [0.1, 0.15) is 23.3 Å². The van der Waals surface area contributed by atoms with Gasteiger partial charge in [-0.15, -0.1) is 0 Å². The summed E-state index contributed by atoms with van der Waals surface area (Å²) in [5.74, 6) is -2.98. The number of Topliss-reactive ketones (excluding diaryl/α,β-unsaturated/α-hetero) is 1. The first-order valence-corrected chi connectivity index (χ1v) is 16.6. The van der Waals surface area contributed by atoms with E-state index in [1.165, 1.54) is 63.5 Å². The van der Waals surface area contributed by atoms with E-state index in [2.05, 4.69) is 13.5 Å². The van der Waals surface area contributed by atoms with Gasteiger partial charge >= 0.3 is 0 Å². The van der Waals surface area contributed by atoms with Crippen LogP contribution in [0.3, 0.4) is 0 Å². The Morgan fingerprint density at radius 3 is 1.93 bits per heavy atom. The molecule has 0 amide bonds. The minimum Gasteiger partial charge on any atom is -0.396 e. The van der Waals surface area contributed by atoms with Crippen molar-refractivity contribution in [2.75, 3.05) is 13.2 Å². The van der Waals surface area contributed by atoms with Crippen LogP contribution in [0.2, 0.25) is 0 Å². The molecule has 0 spiro atoms. The van der Waals surface area contributed by atoms with E-state index in [1.54, 1.807) is 0 Å². The van der Waals surface area contributed by atoms with E-state index in [0.717, 1.165) is 49.7 Å². The van der Waals surface area contributed by atoms with Gasteiger partial charge in [-0.3, -0.25) is 4.79 Å². The molecule has 1 atom stereocenters. The number of aliphatic hydroxyl groups is 2. The van der Waals surface area contributed by atoms with E-state index in [4.69, 9.17) is 5.11 Å². The molecule has 2 fully saturated rings. The van der Waals surface area contributed by atoms with Crippen molar-refractivity contribution < 1.29 is 32.6 Å². The largest absolute Gasteiger partial charge is 0.396 e. The van der Waals surface area contributed by atoms with Gasteiger partial charge in [0.25, 0.3) is 0 Å². The van der Waals surface area contributed by atoms with Crippen LogP contribution >= 0.6 is 0 Å². The summed E-state index contributed by atoms with van der Waals surface area (Å²) >= 11 is 0. The van der Waals surface area contributed by atoms with Crippen LogP contribution in [-0.4, -0.2) is 29.2 Å². The molecule has 0 aromatic heterocycles. The highest BCUT2D eigenvalue weighted by Crippen LogP contribution is 2.45. The van der Waals surface area contributed by atoms with Crippen molar-refractivity contribution in [3.8, 4) is 11.1 Å². The van der Waals surface area contributed by atoms with Crippen LogP contribution in [0.25, 0.3) is 11.1 Å². The molecule has 0 radical (unpaired) electrons. The summed E-state index contributed by atoms with van der Waals surface area (Å²) in [6.07, 6.45) is 14.2. The summed E-state index contributed by atoms with van der Waals surface area (Å²) < 4.78 is 61.1. The van der Waals surface area contributed by atoms with Crippen molar-refractivity contribution >= 4 is 5.78 Å². The average Bonchev–Trinajstić information content (AvgIpc) is 3.02. The lowest BCUT2D eigenvalue weighted by atomic mass is 9.68. The highest BCUT2D eigenvalue weighted by Gasteiger charge is 2.32. The van der Waals surface area contributed by atoms with Crippen molar-refractivity contribution in [1.82, 2.24) is 0 Å². The molecule has 0 saturated heterocycles. The van der Waals surface area contributed by atoms with Gasteiger partial charge in [0.2, 0.25) is 0 Å². The fourth-order valence-electron chi connectivity index (χ4n) is 7.68. The van der Waals surface area contributed by atoms with E-state index in [1.807, 2.05) is 0 Å². The second kappa shape index (κ2) is 16.2. The van der Waals surface area contributed by atoms with E-state index in [-0.39, 0.29) is 29.9 Å². The van der Waals surface area contributed by atoms with Gasteiger partial charge in [-0.05, 0) is 104 Å².